The van der Waals surface area contributed by atoms with Gasteiger partial charge >= 0.3 is 5.97 Å². The van der Waals surface area contributed by atoms with Crippen LogP contribution < -0.4 is 11.1 Å². The molecule has 2 atom stereocenters. The first-order valence-corrected chi connectivity index (χ1v) is 8.18. The van der Waals surface area contributed by atoms with E-state index in [0.29, 0.717) is 12.0 Å². The highest BCUT2D eigenvalue weighted by Crippen LogP contribution is 2.16. The summed E-state index contributed by atoms with van der Waals surface area (Å²) in [5, 5.41) is 21.8. The Morgan fingerprint density at radius 2 is 1.96 bits per heavy atom. The van der Waals surface area contributed by atoms with Gasteiger partial charge in [-0.3, -0.25) is 4.79 Å². The van der Waals surface area contributed by atoms with Crippen LogP contribution in [0.2, 0.25) is 0 Å². The quantitative estimate of drug-likeness (QED) is 0.649. The van der Waals surface area contributed by atoms with Crippen LogP contribution in [0.4, 0.5) is 5.69 Å². The molecular formula is C19H20N4O4. The van der Waals surface area contributed by atoms with Crippen molar-refractivity contribution < 1.29 is 19.4 Å². The number of esters is 1. The number of nitriles is 1. The zero-order chi connectivity index (χ0) is 20.0. The molecule has 2 aromatic rings. The second kappa shape index (κ2) is 8.78. The Bertz CT molecular complexity index is 874. The number of anilines is 1. The van der Waals surface area contributed by atoms with E-state index in [4.69, 9.17) is 11.0 Å². The van der Waals surface area contributed by atoms with Gasteiger partial charge in [-0.2, -0.15) is 5.26 Å². The van der Waals surface area contributed by atoms with Crippen molar-refractivity contribution in [1.29, 1.82) is 5.26 Å². The van der Waals surface area contributed by atoms with Crippen LogP contribution in [0.15, 0.2) is 36.4 Å². The zero-order valence-electron chi connectivity index (χ0n) is 15.0. The minimum absolute atomic E-state index is 0.0434. The van der Waals surface area contributed by atoms with Gasteiger partial charge in [0.1, 0.15) is 6.07 Å². The Labute approximate surface area is 156 Å². The number of aromatic nitrogens is 1. The predicted molar refractivity (Wildman–Crippen MR) is 97.4 cm³/mol. The molecule has 0 aliphatic rings. The third-order valence-electron chi connectivity index (χ3n) is 3.89. The summed E-state index contributed by atoms with van der Waals surface area (Å²) in [6.45, 7) is 1.79. The van der Waals surface area contributed by atoms with E-state index in [1.54, 1.807) is 31.2 Å². The standard InChI is InChI=1S/C19H20N4O4/c1-11(9-12-3-5-13(6-4-12)19(26)27-2)22-18(25)17(24)15-8-7-14(21)16(10-20)23-15/h3-8,11,17,24H,9,21H2,1-2H3,(H,22,25). The molecule has 27 heavy (non-hydrogen) atoms. The van der Waals surface area contributed by atoms with Crippen LogP contribution >= 0.6 is 0 Å². The maximum Gasteiger partial charge on any atom is 0.337 e. The van der Waals surface area contributed by atoms with Crippen LogP contribution in [0.25, 0.3) is 0 Å². The fraction of sp³-hybridized carbons (Fsp3) is 0.263. The van der Waals surface area contributed by atoms with Crippen molar-refractivity contribution in [3.63, 3.8) is 0 Å². The molecule has 8 nitrogen and oxygen atoms in total. The lowest BCUT2D eigenvalue weighted by molar-refractivity contribution is -0.130. The second-order valence-electron chi connectivity index (χ2n) is 5.99. The molecule has 0 saturated heterocycles. The van der Waals surface area contributed by atoms with E-state index in [2.05, 4.69) is 15.0 Å². The van der Waals surface area contributed by atoms with Crippen molar-refractivity contribution in [2.24, 2.45) is 0 Å². The number of carbonyl (C=O) groups is 2. The summed E-state index contributed by atoms with van der Waals surface area (Å²) < 4.78 is 4.64. The molecule has 4 N–H and O–H groups in total. The minimum Gasteiger partial charge on any atom is -0.465 e. The molecule has 0 saturated carbocycles. The van der Waals surface area contributed by atoms with Gasteiger partial charge in [-0.05, 0) is 43.2 Å². The van der Waals surface area contributed by atoms with E-state index in [-0.39, 0.29) is 23.1 Å². The van der Waals surface area contributed by atoms with Crippen LogP contribution in [-0.2, 0) is 16.0 Å². The van der Waals surface area contributed by atoms with Crippen LogP contribution in [-0.4, -0.2) is 35.1 Å². The third kappa shape index (κ3) is 5.03. The van der Waals surface area contributed by atoms with E-state index < -0.39 is 18.0 Å². The predicted octanol–water partition coefficient (Wildman–Crippen LogP) is 1.10. The number of aliphatic hydroxyl groups is 1. The highest BCUT2D eigenvalue weighted by Gasteiger charge is 2.21. The lowest BCUT2D eigenvalue weighted by Gasteiger charge is -2.17. The van der Waals surface area contributed by atoms with Crippen molar-refractivity contribution >= 4 is 17.6 Å². The van der Waals surface area contributed by atoms with E-state index in [0.717, 1.165) is 5.56 Å². The molecule has 0 spiro atoms. The average Bonchev–Trinajstić information content (AvgIpc) is 2.67. The molecule has 0 aliphatic heterocycles. The lowest BCUT2D eigenvalue weighted by atomic mass is 10.0. The first kappa shape index (κ1) is 19.9. The van der Waals surface area contributed by atoms with Crippen molar-refractivity contribution in [2.75, 3.05) is 12.8 Å². The number of hydrogen-bond donors (Lipinski definition) is 3. The fourth-order valence-electron chi connectivity index (χ4n) is 2.48. The lowest BCUT2D eigenvalue weighted by Crippen LogP contribution is -2.37. The Kier molecular flexibility index (Phi) is 6.46. The number of nitrogens with zero attached hydrogens (tertiary/aromatic N) is 2. The van der Waals surface area contributed by atoms with E-state index >= 15 is 0 Å². The maximum absolute atomic E-state index is 12.2. The van der Waals surface area contributed by atoms with Gasteiger partial charge in [0.25, 0.3) is 5.91 Å². The van der Waals surface area contributed by atoms with Crippen LogP contribution in [0, 0.1) is 11.3 Å². The molecule has 8 heteroatoms. The Balaban J connectivity index is 1.98. The molecule has 2 rings (SSSR count). The molecule has 1 aromatic carbocycles. The van der Waals surface area contributed by atoms with Gasteiger partial charge in [-0.1, -0.05) is 12.1 Å². The Morgan fingerprint density at radius 1 is 1.30 bits per heavy atom. The van der Waals surface area contributed by atoms with Gasteiger partial charge < -0.3 is 20.9 Å². The third-order valence-corrected chi connectivity index (χ3v) is 3.89. The highest BCUT2D eigenvalue weighted by atomic mass is 16.5. The van der Waals surface area contributed by atoms with Gasteiger partial charge in [-0.25, -0.2) is 9.78 Å². The Hall–Kier alpha value is -3.44. The maximum atomic E-state index is 12.2. The second-order valence-corrected chi connectivity index (χ2v) is 5.99. The molecule has 0 fully saturated rings. The van der Waals surface area contributed by atoms with Crippen LogP contribution in [0.3, 0.4) is 0 Å². The molecule has 2 unspecified atom stereocenters. The number of aliphatic hydroxyl groups excluding tert-OH is 1. The molecule has 0 aliphatic carbocycles. The number of hydrogen-bond acceptors (Lipinski definition) is 7. The summed E-state index contributed by atoms with van der Waals surface area (Å²) in [4.78, 5) is 27.6. The number of nitrogen functional groups attached to an aromatic ring is 1. The van der Waals surface area contributed by atoms with Gasteiger partial charge in [0, 0.05) is 6.04 Å². The summed E-state index contributed by atoms with van der Waals surface area (Å²) in [7, 11) is 1.31. The first-order valence-electron chi connectivity index (χ1n) is 8.18. The summed E-state index contributed by atoms with van der Waals surface area (Å²) in [5.74, 6) is -1.05. The van der Waals surface area contributed by atoms with Crippen LogP contribution in [0.1, 0.15) is 40.3 Å². The smallest absolute Gasteiger partial charge is 0.337 e. The number of pyridine rings is 1. The molecule has 1 amide bonds. The molecule has 140 valence electrons. The molecular weight excluding hydrogens is 348 g/mol. The summed E-state index contributed by atoms with van der Waals surface area (Å²) in [6, 6.07) is 11.2. The van der Waals surface area contributed by atoms with E-state index in [1.165, 1.54) is 19.2 Å². The van der Waals surface area contributed by atoms with E-state index in [1.807, 2.05) is 6.07 Å². The number of nitrogens with one attached hydrogen (secondary N) is 1. The van der Waals surface area contributed by atoms with Crippen molar-refractivity contribution in [2.45, 2.75) is 25.5 Å². The number of rotatable bonds is 6. The zero-order valence-corrected chi connectivity index (χ0v) is 15.0. The number of amides is 1. The van der Waals surface area contributed by atoms with Crippen molar-refractivity contribution in [3.8, 4) is 6.07 Å². The number of benzene rings is 1. The average molecular weight is 368 g/mol. The SMILES string of the molecule is COC(=O)c1ccc(CC(C)NC(=O)C(O)c2ccc(N)c(C#N)n2)cc1. The number of nitrogens with two attached hydrogens (primary N) is 1. The molecule has 1 aromatic heterocycles. The van der Waals surface area contributed by atoms with Crippen molar-refractivity contribution in [3.05, 3.63) is 58.9 Å². The first-order chi connectivity index (χ1) is 12.8. The van der Waals surface area contributed by atoms with Crippen molar-refractivity contribution in [1.82, 2.24) is 10.3 Å². The highest BCUT2D eigenvalue weighted by molar-refractivity contribution is 5.89. The molecule has 0 radical (unpaired) electrons. The Morgan fingerprint density at radius 3 is 2.56 bits per heavy atom. The normalized spacial score (nSPS) is 12.5. The van der Waals surface area contributed by atoms with E-state index in [9.17, 15) is 14.7 Å². The largest absolute Gasteiger partial charge is 0.465 e. The monoisotopic (exact) mass is 368 g/mol. The number of methoxy groups -OCH3 is 1. The fourth-order valence-corrected chi connectivity index (χ4v) is 2.48. The van der Waals surface area contributed by atoms with Crippen LogP contribution in [0.5, 0.6) is 0 Å². The summed E-state index contributed by atoms with van der Waals surface area (Å²) in [6.07, 6.45) is -1.01. The topological polar surface area (TPSA) is 138 Å². The van der Waals surface area contributed by atoms with Gasteiger partial charge in [0.05, 0.1) is 24.1 Å². The minimum atomic E-state index is -1.51. The van der Waals surface area contributed by atoms with Gasteiger partial charge in [0.15, 0.2) is 11.8 Å². The van der Waals surface area contributed by atoms with Gasteiger partial charge in [0.2, 0.25) is 0 Å². The van der Waals surface area contributed by atoms with Gasteiger partial charge in [-0.15, -0.1) is 0 Å². The molecule has 0 bridgehead atoms. The number of carbonyl (C=O) groups excluding carboxylic acids is 2. The summed E-state index contributed by atoms with van der Waals surface area (Å²) in [5.41, 5.74) is 7.11. The molecule has 1 heterocycles. The summed E-state index contributed by atoms with van der Waals surface area (Å²) >= 11 is 0. The number of ether oxygens (including phenoxy) is 1.